The number of hydrogen-bond donors (Lipinski definition) is 4. The molecule has 0 saturated carbocycles. The number of unbranched alkanes of at least 4 members (excludes halogenated alkanes) is 13. The van der Waals surface area contributed by atoms with Crippen molar-refractivity contribution in [3.05, 3.63) is 0 Å². The van der Waals surface area contributed by atoms with Gasteiger partial charge in [0.15, 0.2) is 0 Å². The molecule has 0 aliphatic heterocycles. The van der Waals surface area contributed by atoms with Crippen molar-refractivity contribution in [2.24, 2.45) is 11.7 Å². The largest absolute Gasteiger partial charge is 0.480 e. The molecule has 0 radical (unpaired) electrons. The van der Waals surface area contributed by atoms with Gasteiger partial charge in [0.1, 0.15) is 12.1 Å². The fourth-order valence-corrected chi connectivity index (χ4v) is 4.26. The van der Waals surface area contributed by atoms with E-state index in [1.165, 1.54) is 64.2 Å². The number of hydrogen-bond acceptors (Lipinski definition) is 4. The number of carboxylic acids is 1. The number of carboxylic acid groups (broad SMARTS) is 1. The Morgan fingerprint density at radius 2 is 1.26 bits per heavy atom. The average Bonchev–Trinajstić information content (AvgIpc) is 2.84. The molecular formula is C28H55N3O4. The van der Waals surface area contributed by atoms with Crippen LogP contribution in [0, 0.1) is 5.92 Å². The van der Waals surface area contributed by atoms with Crippen molar-refractivity contribution in [1.82, 2.24) is 10.6 Å². The van der Waals surface area contributed by atoms with Crippen LogP contribution >= 0.6 is 0 Å². The first-order chi connectivity index (χ1) is 16.9. The zero-order chi connectivity index (χ0) is 26.3. The van der Waals surface area contributed by atoms with Gasteiger partial charge in [-0.1, -0.05) is 104 Å². The van der Waals surface area contributed by atoms with Gasteiger partial charge in [-0.15, -0.1) is 0 Å². The summed E-state index contributed by atoms with van der Waals surface area (Å²) < 4.78 is 0. The number of nitrogens with two attached hydrogens (primary N) is 1. The third-order valence-corrected chi connectivity index (χ3v) is 6.88. The van der Waals surface area contributed by atoms with Gasteiger partial charge in [-0.3, -0.25) is 9.59 Å². The first-order valence-electron chi connectivity index (χ1n) is 14.4. The van der Waals surface area contributed by atoms with Gasteiger partial charge in [-0.2, -0.15) is 0 Å². The monoisotopic (exact) mass is 497 g/mol. The molecule has 0 aromatic rings. The van der Waals surface area contributed by atoms with Gasteiger partial charge in [0.2, 0.25) is 11.8 Å². The standard InChI is InChI=1S/C28H55N3O4/c1-4-6-7-8-9-10-11-12-13-14-15-16-17-21-25(32)31-26(23(3)5-2)27(33)30-24(28(34)35)20-18-19-22-29/h23-24,26H,4-22,29H2,1-3H3,(H,30,33)(H,31,32)(H,34,35)/t23-,24-,26-/m0/s1. The molecule has 0 aliphatic carbocycles. The van der Waals surface area contributed by atoms with Crippen LogP contribution in [0.25, 0.3) is 0 Å². The van der Waals surface area contributed by atoms with E-state index in [0.29, 0.717) is 38.6 Å². The molecule has 35 heavy (non-hydrogen) atoms. The van der Waals surface area contributed by atoms with Gasteiger partial charge in [0, 0.05) is 6.42 Å². The molecule has 0 heterocycles. The molecule has 7 heteroatoms. The van der Waals surface area contributed by atoms with Crippen molar-refractivity contribution in [2.45, 2.75) is 148 Å². The molecular weight excluding hydrogens is 442 g/mol. The number of aliphatic carboxylic acids is 1. The smallest absolute Gasteiger partial charge is 0.326 e. The minimum absolute atomic E-state index is 0.0796. The van der Waals surface area contributed by atoms with E-state index in [2.05, 4.69) is 17.6 Å². The van der Waals surface area contributed by atoms with Crippen molar-refractivity contribution < 1.29 is 19.5 Å². The number of carbonyl (C=O) groups excluding carboxylic acids is 2. The molecule has 0 rings (SSSR count). The summed E-state index contributed by atoms with van der Waals surface area (Å²) in [6, 6.07) is -1.68. The van der Waals surface area contributed by atoms with Crippen molar-refractivity contribution in [1.29, 1.82) is 0 Å². The zero-order valence-electron chi connectivity index (χ0n) is 22.9. The van der Waals surface area contributed by atoms with Crippen molar-refractivity contribution in [2.75, 3.05) is 6.54 Å². The highest BCUT2D eigenvalue weighted by Crippen LogP contribution is 2.14. The zero-order valence-corrected chi connectivity index (χ0v) is 22.9. The predicted molar refractivity (Wildman–Crippen MR) is 144 cm³/mol. The molecule has 0 bridgehead atoms. The molecule has 0 fully saturated rings. The quantitative estimate of drug-likeness (QED) is 0.127. The Morgan fingerprint density at radius 1 is 0.743 bits per heavy atom. The minimum Gasteiger partial charge on any atom is -0.480 e. The summed E-state index contributed by atoms with van der Waals surface area (Å²) in [5.41, 5.74) is 5.48. The molecule has 0 aliphatic rings. The van der Waals surface area contributed by atoms with Crippen molar-refractivity contribution in [3.8, 4) is 0 Å². The lowest BCUT2D eigenvalue weighted by Gasteiger charge is -2.25. The number of amides is 2. The summed E-state index contributed by atoms with van der Waals surface area (Å²) in [6.07, 6.45) is 19.1. The molecule has 0 aromatic carbocycles. The van der Waals surface area contributed by atoms with Crippen molar-refractivity contribution in [3.63, 3.8) is 0 Å². The third-order valence-electron chi connectivity index (χ3n) is 6.88. The molecule has 0 unspecified atom stereocenters. The first-order valence-corrected chi connectivity index (χ1v) is 14.4. The Hall–Kier alpha value is -1.63. The second kappa shape index (κ2) is 22.8. The van der Waals surface area contributed by atoms with Crippen LogP contribution in [0.4, 0.5) is 0 Å². The molecule has 5 N–H and O–H groups in total. The van der Waals surface area contributed by atoms with Crippen LogP contribution in [-0.2, 0) is 14.4 Å². The Balaban J connectivity index is 4.17. The summed E-state index contributed by atoms with van der Waals surface area (Å²) >= 11 is 0. The van der Waals surface area contributed by atoms with E-state index in [1.54, 1.807) is 0 Å². The molecule has 2 amide bonds. The van der Waals surface area contributed by atoms with E-state index in [0.717, 1.165) is 19.3 Å². The van der Waals surface area contributed by atoms with Gasteiger partial charge in [-0.05, 0) is 38.1 Å². The normalized spacial score (nSPS) is 13.7. The summed E-state index contributed by atoms with van der Waals surface area (Å²) in [7, 11) is 0. The van der Waals surface area contributed by atoms with E-state index >= 15 is 0 Å². The Morgan fingerprint density at radius 3 is 1.71 bits per heavy atom. The Labute approximate surface area is 214 Å². The summed E-state index contributed by atoms with van der Waals surface area (Å²) in [6.45, 7) is 6.60. The fraction of sp³-hybridized carbons (Fsp3) is 0.893. The highest BCUT2D eigenvalue weighted by molar-refractivity contribution is 5.90. The lowest BCUT2D eigenvalue weighted by Crippen LogP contribution is -2.54. The second-order valence-electron chi connectivity index (χ2n) is 10.1. The van der Waals surface area contributed by atoms with E-state index < -0.39 is 24.0 Å². The summed E-state index contributed by atoms with van der Waals surface area (Å²) in [4.78, 5) is 36.8. The van der Waals surface area contributed by atoms with E-state index in [4.69, 9.17) is 5.73 Å². The van der Waals surface area contributed by atoms with Crippen LogP contribution in [0.2, 0.25) is 0 Å². The van der Waals surface area contributed by atoms with Gasteiger partial charge < -0.3 is 21.5 Å². The predicted octanol–water partition coefficient (Wildman–Crippen LogP) is 5.70. The summed E-state index contributed by atoms with van der Waals surface area (Å²) in [5.74, 6) is -1.69. The average molecular weight is 498 g/mol. The molecule has 0 aromatic heterocycles. The van der Waals surface area contributed by atoms with E-state index in [-0.39, 0.29) is 11.8 Å². The number of carbonyl (C=O) groups is 3. The second-order valence-corrected chi connectivity index (χ2v) is 10.1. The van der Waals surface area contributed by atoms with Crippen molar-refractivity contribution >= 4 is 17.8 Å². The van der Waals surface area contributed by atoms with E-state index in [9.17, 15) is 19.5 Å². The van der Waals surface area contributed by atoms with Crippen LogP contribution in [0.3, 0.4) is 0 Å². The molecule has 7 nitrogen and oxygen atoms in total. The topological polar surface area (TPSA) is 122 Å². The maximum Gasteiger partial charge on any atom is 0.326 e. The number of nitrogens with one attached hydrogen (secondary N) is 2. The SMILES string of the molecule is CCCCCCCCCCCCCCCC(=O)N[C@H](C(=O)N[C@@H](CCCCN)C(=O)O)[C@@H](C)CC. The maximum atomic E-state index is 12.8. The van der Waals surface area contributed by atoms with Gasteiger partial charge in [0.25, 0.3) is 0 Å². The highest BCUT2D eigenvalue weighted by Gasteiger charge is 2.29. The van der Waals surface area contributed by atoms with Gasteiger partial charge in [-0.25, -0.2) is 4.79 Å². The van der Waals surface area contributed by atoms with Gasteiger partial charge >= 0.3 is 5.97 Å². The highest BCUT2D eigenvalue weighted by atomic mass is 16.4. The third kappa shape index (κ3) is 18.3. The molecule has 0 spiro atoms. The van der Waals surface area contributed by atoms with Crippen LogP contribution < -0.4 is 16.4 Å². The molecule has 0 saturated heterocycles. The van der Waals surface area contributed by atoms with Gasteiger partial charge in [0.05, 0.1) is 0 Å². The lowest BCUT2D eigenvalue weighted by atomic mass is 9.97. The molecule has 3 atom stereocenters. The Bertz CT molecular complexity index is 556. The lowest BCUT2D eigenvalue weighted by molar-refractivity contribution is -0.142. The fourth-order valence-electron chi connectivity index (χ4n) is 4.26. The van der Waals surface area contributed by atoms with Crippen LogP contribution in [0.15, 0.2) is 0 Å². The molecule has 206 valence electrons. The van der Waals surface area contributed by atoms with Crippen LogP contribution in [0.5, 0.6) is 0 Å². The first kappa shape index (κ1) is 33.4. The minimum atomic E-state index is -1.06. The summed E-state index contributed by atoms with van der Waals surface area (Å²) in [5, 5.41) is 14.9. The number of rotatable bonds is 24. The van der Waals surface area contributed by atoms with Crippen LogP contribution in [-0.4, -0.2) is 41.5 Å². The van der Waals surface area contributed by atoms with E-state index in [1.807, 2.05) is 13.8 Å². The maximum absolute atomic E-state index is 12.8. The Kier molecular flexibility index (Phi) is 21.7. The van der Waals surface area contributed by atoms with Crippen LogP contribution in [0.1, 0.15) is 136 Å².